The van der Waals surface area contributed by atoms with Crippen LogP contribution in [0.4, 0.5) is 0 Å². The van der Waals surface area contributed by atoms with E-state index in [0.717, 1.165) is 4.88 Å². The zero-order chi connectivity index (χ0) is 9.80. The summed E-state index contributed by atoms with van der Waals surface area (Å²) in [5.74, 6) is 0.377. The summed E-state index contributed by atoms with van der Waals surface area (Å²) in [5, 5.41) is 2.29. The van der Waals surface area contributed by atoms with E-state index in [0.29, 0.717) is 17.6 Å². The molecule has 2 rings (SSSR count). The third-order valence-electron chi connectivity index (χ3n) is 1.55. The molecule has 0 aromatic carbocycles. The molecule has 72 valence electrons. The molecule has 3 nitrogen and oxygen atoms in total. The number of halogens is 1. The molecule has 0 bridgehead atoms. The van der Waals surface area contributed by atoms with E-state index in [1.807, 2.05) is 17.5 Å². The van der Waals surface area contributed by atoms with Crippen molar-refractivity contribution in [3.63, 3.8) is 0 Å². The maximum Gasteiger partial charge on any atom is 0.252 e. The monoisotopic (exact) mass is 226 g/mol. The van der Waals surface area contributed by atoms with Crippen LogP contribution in [0.3, 0.4) is 0 Å². The number of ether oxygens (including phenoxy) is 1. The molecule has 2 heterocycles. The molecule has 2 aromatic rings. The maximum absolute atomic E-state index is 5.77. The first-order chi connectivity index (χ1) is 6.86. The Morgan fingerprint density at radius 1 is 1.36 bits per heavy atom. The number of nitrogens with zero attached hydrogens (tertiary/aromatic N) is 2. The summed E-state index contributed by atoms with van der Waals surface area (Å²) in [5.41, 5.74) is 0. The molecular weight excluding hydrogens is 220 g/mol. The molecule has 0 unspecified atom stereocenters. The summed E-state index contributed by atoms with van der Waals surface area (Å²) in [4.78, 5) is 8.96. The molecule has 14 heavy (non-hydrogen) atoms. The number of thiophene rings is 1. The van der Waals surface area contributed by atoms with Crippen LogP contribution in [0.15, 0.2) is 29.9 Å². The highest BCUT2D eigenvalue weighted by Gasteiger charge is 2.03. The molecule has 5 heteroatoms. The van der Waals surface area contributed by atoms with Gasteiger partial charge in [0.2, 0.25) is 0 Å². The lowest BCUT2D eigenvalue weighted by atomic mass is 10.5. The van der Waals surface area contributed by atoms with Crippen LogP contribution in [-0.2, 0) is 6.61 Å². The van der Waals surface area contributed by atoms with E-state index in [1.54, 1.807) is 17.5 Å². The first-order valence-electron chi connectivity index (χ1n) is 3.98. The van der Waals surface area contributed by atoms with Crippen LogP contribution in [0.1, 0.15) is 4.88 Å². The van der Waals surface area contributed by atoms with Gasteiger partial charge >= 0.3 is 0 Å². The van der Waals surface area contributed by atoms with Gasteiger partial charge in [-0.25, -0.2) is 9.97 Å². The first-order valence-corrected chi connectivity index (χ1v) is 5.24. The second-order valence-electron chi connectivity index (χ2n) is 2.52. The van der Waals surface area contributed by atoms with Gasteiger partial charge in [0.1, 0.15) is 6.61 Å². The lowest BCUT2D eigenvalue weighted by Gasteiger charge is -2.03. The first kappa shape index (κ1) is 9.43. The molecule has 0 N–H and O–H groups in total. The minimum absolute atomic E-state index is 0.295. The van der Waals surface area contributed by atoms with Gasteiger partial charge in [0, 0.05) is 17.3 Å². The molecule has 0 saturated carbocycles. The summed E-state index contributed by atoms with van der Waals surface area (Å²) in [6, 6.07) is 3.97. The molecule has 0 spiro atoms. The molecule has 0 radical (unpaired) electrons. The van der Waals surface area contributed by atoms with Gasteiger partial charge in [0.05, 0.1) is 0 Å². The Morgan fingerprint density at radius 2 is 2.21 bits per heavy atom. The Morgan fingerprint density at radius 3 is 2.93 bits per heavy atom. The number of hydrogen-bond acceptors (Lipinski definition) is 4. The van der Waals surface area contributed by atoms with Gasteiger partial charge in [-0.3, -0.25) is 0 Å². The SMILES string of the molecule is Clc1nccnc1OCc1cccs1. The Hall–Kier alpha value is -1.13. The van der Waals surface area contributed by atoms with Crippen molar-refractivity contribution < 1.29 is 4.74 Å². The van der Waals surface area contributed by atoms with Crippen molar-refractivity contribution in [3.05, 3.63) is 39.9 Å². The fourth-order valence-corrected chi connectivity index (χ4v) is 1.72. The number of hydrogen-bond donors (Lipinski definition) is 0. The molecule has 0 aliphatic rings. The van der Waals surface area contributed by atoms with Gasteiger partial charge in [-0.05, 0) is 11.4 Å². The van der Waals surface area contributed by atoms with Gasteiger partial charge < -0.3 is 4.74 Å². The van der Waals surface area contributed by atoms with Gasteiger partial charge in [0.15, 0.2) is 5.15 Å². The zero-order valence-corrected chi connectivity index (χ0v) is 8.76. The third-order valence-corrected chi connectivity index (χ3v) is 2.66. The van der Waals surface area contributed by atoms with Crippen molar-refractivity contribution in [2.75, 3.05) is 0 Å². The van der Waals surface area contributed by atoms with Crippen LogP contribution in [0.2, 0.25) is 5.15 Å². The molecular formula is C9H7ClN2OS. The molecule has 0 fully saturated rings. The van der Waals surface area contributed by atoms with Crippen LogP contribution < -0.4 is 4.74 Å². The number of aromatic nitrogens is 2. The lowest BCUT2D eigenvalue weighted by Crippen LogP contribution is -1.96. The lowest BCUT2D eigenvalue weighted by molar-refractivity contribution is 0.296. The van der Waals surface area contributed by atoms with E-state index < -0.39 is 0 Å². The summed E-state index contributed by atoms with van der Waals surface area (Å²) in [7, 11) is 0. The summed E-state index contributed by atoms with van der Waals surface area (Å²) in [6.07, 6.45) is 3.08. The molecule has 0 atom stereocenters. The average Bonchev–Trinajstić information content (AvgIpc) is 2.69. The van der Waals surface area contributed by atoms with Crippen LogP contribution in [-0.4, -0.2) is 9.97 Å². The predicted octanol–water partition coefficient (Wildman–Crippen LogP) is 2.77. The summed E-state index contributed by atoms with van der Waals surface area (Å²) >= 11 is 7.40. The van der Waals surface area contributed by atoms with Crippen LogP contribution in [0, 0.1) is 0 Å². The fourth-order valence-electron chi connectivity index (χ4n) is 0.939. The van der Waals surface area contributed by atoms with Crippen LogP contribution in [0.25, 0.3) is 0 Å². The quantitative estimate of drug-likeness (QED) is 0.807. The largest absolute Gasteiger partial charge is 0.470 e. The number of rotatable bonds is 3. The van der Waals surface area contributed by atoms with Gasteiger partial charge in [-0.1, -0.05) is 17.7 Å². The Labute approximate surface area is 90.3 Å². The van der Waals surface area contributed by atoms with Crippen molar-refractivity contribution in [3.8, 4) is 5.88 Å². The van der Waals surface area contributed by atoms with E-state index in [-0.39, 0.29) is 0 Å². The van der Waals surface area contributed by atoms with Gasteiger partial charge in [-0.15, -0.1) is 11.3 Å². The van der Waals surface area contributed by atoms with Gasteiger partial charge in [-0.2, -0.15) is 0 Å². The smallest absolute Gasteiger partial charge is 0.252 e. The Balaban J connectivity index is 2.02. The van der Waals surface area contributed by atoms with Crippen molar-refractivity contribution in [1.82, 2.24) is 9.97 Å². The van der Waals surface area contributed by atoms with E-state index in [2.05, 4.69) is 9.97 Å². The molecule has 0 aliphatic carbocycles. The molecule has 0 aliphatic heterocycles. The minimum Gasteiger partial charge on any atom is -0.470 e. The van der Waals surface area contributed by atoms with Crippen molar-refractivity contribution >= 4 is 22.9 Å². The summed E-state index contributed by atoms with van der Waals surface area (Å²) in [6.45, 7) is 0.482. The highest BCUT2D eigenvalue weighted by atomic mass is 35.5. The van der Waals surface area contributed by atoms with Crippen molar-refractivity contribution in [2.45, 2.75) is 6.61 Å². The molecule has 0 saturated heterocycles. The standard InChI is InChI=1S/C9H7ClN2OS/c10-8-9(12-4-3-11-8)13-6-7-2-1-5-14-7/h1-5H,6H2. The van der Waals surface area contributed by atoms with E-state index in [1.165, 1.54) is 6.20 Å². The Bertz CT molecular complexity index is 405. The van der Waals surface area contributed by atoms with Crippen molar-refractivity contribution in [2.24, 2.45) is 0 Å². The van der Waals surface area contributed by atoms with Crippen LogP contribution in [0.5, 0.6) is 5.88 Å². The molecule has 0 amide bonds. The fraction of sp³-hybridized carbons (Fsp3) is 0.111. The normalized spacial score (nSPS) is 10.1. The van der Waals surface area contributed by atoms with Crippen molar-refractivity contribution in [1.29, 1.82) is 0 Å². The van der Waals surface area contributed by atoms with E-state index in [9.17, 15) is 0 Å². The summed E-state index contributed by atoms with van der Waals surface area (Å²) < 4.78 is 5.39. The topological polar surface area (TPSA) is 35.0 Å². The third kappa shape index (κ3) is 2.21. The Kier molecular flexibility index (Phi) is 2.96. The molecule has 2 aromatic heterocycles. The zero-order valence-electron chi connectivity index (χ0n) is 7.18. The highest BCUT2D eigenvalue weighted by molar-refractivity contribution is 7.09. The van der Waals surface area contributed by atoms with E-state index in [4.69, 9.17) is 16.3 Å². The maximum atomic E-state index is 5.77. The predicted molar refractivity (Wildman–Crippen MR) is 55.7 cm³/mol. The minimum atomic E-state index is 0.295. The highest BCUT2D eigenvalue weighted by Crippen LogP contribution is 2.19. The second-order valence-corrected chi connectivity index (χ2v) is 3.91. The van der Waals surface area contributed by atoms with Crippen LogP contribution >= 0.6 is 22.9 Å². The van der Waals surface area contributed by atoms with E-state index >= 15 is 0 Å². The average molecular weight is 227 g/mol. The van der Waals surface area contributed by atoms with Gasteiger partial charge in [0.25, 0.3) is 5.88 Å². The second kappa shape index (κ2) is 4.39.